The first kappa shape index (κ1) is 18.8. The zero-order chi connectivity index (χ0) is 19.6. The number of aryl methyl sites for hydroxylation is 1. The number of carbonyl (C=O) groups excluding carboxylic acids is 2. The van der Waals surface area contributed by atoms with E-state index in [1.807, 2.05) is 26.0 Å². The van der Waals surface area contributed by atoms with E-state index in [0.717, 1.165) is 5.56 Å². The van der Waals surface area contributed by atoms with Gasteiger partial charge in [-0.1, -0.05) is 55.0 Å². The third-order valence-electron chi connectivity index (χ3n) is 5.01. The molecule has 1 saturated heterocycles. The van der Waals surface area contributed by atoms with Crippen LogP contribution in [0.25, 0.3) is 0 Å². The van der Waals surface area contributed by atoms with Crippen LogP contribution in [0.2, 0.25) is 0 Å². The number of carboxylic acid groups (broad SMARTS) is 1. The molecule has 0 aromatic heterocycles. The number of hydrogen-bond acceptors (Lipinski definition) is 3. The van der Waals surface area contributed by atoms with Crippen LogP contribution in [-0.4, -0.2) is 40.8 Å². The summed E-state index contributed by atoms with van der Waals surface area (Å²) in [6.45, 7) is 4.56. The van der Waals surface area contributed by atoms with Crippen molar-refractivity contribution in [1.29, 1.82) is 0 Å². The Labute approximate surface area is 158 Å². The Hall–Kier alpha value is -2.95. The van der Waals surface area contributed by atoms with E-state index in [1.165, 1.54) is 0 Å². The van der Waals surface area contributed by atoms with E-state index in [2.05, 4.69) is 0 Å². The SMILES string of the molecule is Cc1ccc(C(=O)c2ccccc2C(=O)N2CC(C)CC(C(=O)O)C2)cc1. The lowest BCUT2D eigenvalue weighted by atomic mass is 9.89. The molecule has 2 atom stereocenters. The van der Waals surface area contributed by atoms with Crippen LogP contribution in [0.1, 0.15) is 45.2 Å². The Kier molecular flexibility index (Phi) is 5.40. The van der Waals surface area contributed by atoms with Crippen LogP contribution in [-0.2, 0) is 4.79 Å². The molecule has 140 valence electrons. The zero-order valence-corrected chi connectivity index (χ0v) is 15.5. The van der Waals surface area contributed by atoms with Crippen molar-refractivity contribution < 1.29 is 19.5 Å². The van der Waals surface area contributed by atoms with Crippen molar-refractivity contribution in [2.45, 2.75) is 20.3 Å². The van der Waals surface area contributed by atoms with Crippen LogP contribution in [0.3, 0.4) is 0 Å². The lowest BCUT2D eigenvalue weighted by Crippen LogP contribution is -2.45. The number of carbonyl (C=O) groups is 3. The third-order valence-corrected chi connectivity index (χ3v) is 5.01. The highest BCUT2D eigenvalue weighted by Gasteiger charge is 2.33. The van der Waals surface area contributed by atoms with Crippen molar-refractivity contribution in [3.05, 3.63) is 70.8 Å². The highest BCUT2D eigenvalue weighted by atomic mass is 16.4. The van der Waals surface area contributed by atoms with Gasteiger partial charge in [0.1, 0.15) is 0 Å². The standard InChI is InChI=1S/C22H23NO4/c1-14-7-9-16(10-8-14)20(24)18-5-3-4-6-19(18)21(25)23-12-15(2)11-17(13-23)22(26)27/h3-10,15,17H,11-13H2,1-2H3,(H,26,27). The van der Waals surface area contributed by atoms with Gasteiger partial charge in [0.25, 0.3) is 5.91 Å². The zero-order valence-electron chi connectivity index (χ0n) is 15.5. The first-order valence-corrected chi connectivity index (χ1v) is 9.09. The number of nitrogens with zero attached hydrogens (tertiary/aromatic N) is 1. The fraction of sp³-hybridized carbons (Fsp3) is 0.318. The van der Waals surface area contributed by atoms with Crippen LogP contribution >= 0.6 is 0 Å². The monoisotopic (exact) mass is 365 g/mol. The van der Waals surface area contributed by atoms with Gasteiger partial charge >= 0.3 is 5.97 Å². The molecule has 1 aliphatic rings. The first-order valence-electron chi connectivity index (χ1n) is 9.09. The fourth-order valence-corrected chi connectivity index (χ4v) is 3.59. The summed E-state index contributed by atoms with van der Waals surface area (Å²) in [5.41, 5.74) is 2.24. The van der Waals surface area contributed by atoms with Gasteiger partial charge in [0.2, 0.25) is 0 Å². The molecule has 0 bridgehead atoms. The molecule has 1 fully saturated rings. The minimum atomic E-state index is -0.886. The van der Waals surface area contributed by atoms with Crippen molar-refractivity contribution in [3.63, 3.8) is 0 Å². The van der Waals surface area contributed by atoms with Gasteiger partial charge in [0.15, 0.2) is 5.78 Å². The Morgan fingerprint density at radius 3 is 2.22 bits per heavy atom. The molecular weight excluding hydrogens is 342 g/mol. The van der Waals surface area contributed by atoms with E-state index in [-0.39, 0.29) is 24.2 Å². The minimum absolute atomic E-state index is 0.101. The van der Waals surface area contributed by atoms with Crippen LogP contribution < -0.4 is 0 Å². The van der Waals surface area contributed by atoms with Gasteiger partial charge < -0.3 is 10.0 Å². The van der Waals surface area contributed by atoms with Gasteiger partial charge in [0, 0.05) is 24.2 Å². The molecule has 2 unspecified atom stereocenters. The van der Waals surface area contributed by atoms with Gasteiger partial charge in [-0.25, -0.2) is 0 Å². The number of carboxylic acids is 1. The fourth-order valence-electron chi connectivity index (χ4n) is 3.59. The van der Waals surface area contributed by atoms with Crippen LogP contribution in [0.15, 0.2) is 48.5 Å². The van der Waals surface area contributed by atoms with Gasteiger partial charge in [-0.05, 0) is 25.3 Å². The van der Waals surface area contributed by atoms with E-state index in [0.29, 0.717) is 29.7 Å². The molecule has 3 rings (SSSR count). The van der Waals surface area contributed by atoms with E-state index in [4.69, 9.17) is 0 Å². The van der Waals surface area contributed by atoms with Crippen LogP contribution in [0, 0.1) is 18.8 Å². The maximum Gasteiger partial charge on any atom is 0.308 e. The second-order valence-electron chi connectivity index (χ2n) is 7.33. The van der Waals surface area contributed by atoms with Gasteiger partial charge in [-0.15, -0.1) is 0 Å². The molecule has 5 heteroatoms. The third kappa shape index (κ3) is 4.08. The molecule has 0 radical (unpaired) electrons. The second kappa shape index (κ2) is 7.74. The number of aliphatic carboxylic acids is 1. The quantitative estimate of drug-likeness (QED) is 0.843. The molecule has 27 heavy (non-hydrogen) atoms. The van der Waals surface area contributed by atoms with Crippen molar-refractivity contribution in [2.24, 2.45) is 11.8 Å². The Bertz CT molecular complexity index is 872. The summed E-state index contributed by atoms with van der Waals surface area (Å²) in [5.74, 6) is -1.85. The average molecular weight is 365 g/mol. The van der Waals surface area contributed by atoms with Gasteiger partial charge in [-0.2, -0.15) is 0 Å². The number of rotatable bonds is 4. The van der Waals surface area contributed by atoms with Crippen LogP contribution in [0.5, 0.6) is 0 Å². The number of piperidine rings is 1. The average Bonchev–Trinajstić information content (AvgIpc) is 2.67. The van der Waals surface area contributed by atoms with Crippen molar-refractivity contribution in [2.75, 3.05) is 13.1 Å². The number of amides is 1. The van der Waals surface area contributed by atoms with Gasteiger partial charge in [0.05, 0.1) is 11.5 Å². The highest BCUT2D eigenvalue weighted by Crippen LogP contribution is 2.25. The summed E-state index contributed by atoms with van der Waals surface area (Å²) >= 11 is 0. The lowest BCUT2D eigenvalue weighted by Gasteiger charge is -2.35. The summed E-state index contributed by atoms with van der Waals surface area (Å²) in [4.78, 5) is 39.0. The molecule has 0 saturated carbocycles. The van der Waals surface area contributed by atoms with E-state index >= 15 is 0 Å². The minimum Gasteiger partial charge on any atom is -0.481 e. The number of hydrogen-bond donors (Lipinski definition) is 1. The molecule has 0 spiro atoms. The maximum atomic E-state index is 13.1. The number of likely N-dealkylation sites (tertiary alicyclic amines) is 1. The lowest BCUT2D eigenvalue weighted by molar-refractivity contribution is -0.143. The van der Waals surface area contributed by atoms with Crippen LogP contribution in [0.4, 0.5) is 0 Å². The summed E-state index contributed by atoms with van der Waals surface area (Å²) < 4.78 is 0. The largest absolute Gasteiger partial charge is 0.481 e. The number of ketones is 1. The van der Waals surface area contributed by atoms with E-state index < -0.39 is 11.9 Å². The van der Waals surface area contributed by atoms with Crippen molar-refractivity contribution in [1.82, 2.24) is 4.90 Å². The summed E-state index contributed by atoms with van der Waals surface area (Å²) in [6, 6.07) is 14.0. The Morgan fingerprint density at radius 1 is 0.963 bits per heavy atom. The molecule has 1 heterocycles. The number of benzene rings is 2. The summed E-state index contributed by atoms with van der Waals surface area (Å²) in [7, 11) is 0. The molecular formula is C22H23NO4. The van der Waals surface area contributed by atoms with E-state index in [9.17, 15) is 19.5 Å². The Balaban J connectivity index is 1.91. The van der Waals surface area contributed by atoms with E-state index in [1.54, 1.807) is 41.3 Å². The van der Waals surface area contributed by atoms with Gasteiger partial charge in [-0.3, -0.25) is 14.4 Å². The predicted molar refractivity (Wildman–Crippen MR) is 102 cm³/mol. The molecule has 5 nitrogen and oxygen atoms in total. The molecule has 0 aliphatic carbocycles. The summed E-state index contributed by atoms with van der Waals surface area (Å²) in [6.07, 6.45) is 0.559. The molecule has 2 aromatic rings. The predicted octanol–water partition coefficient (Wildman–Crippen LogP) is 3.41. The topological polar surface area (TPSA) is 74.7 Å². The smallest absolute Gasteiger partial charge is 0.308 e. The van der Waals surface area contributed by atoms with Crippen molar-refractivity contribution >= 4 is 17.7 Å². The van der Waals surface area contributed by atoms with Crippen molar-refractivity contribution in [3.8, 4) is 0 Å². The second-order valence-corrected chi connectivity index (χ2v) is 7.33. The molecule has 1 aliphatic heterocycles. The normalized spacial score (nSPS) is 19.6. The Morgan fingerprint density at radius 2 is 1.59 bits per heavy atom. The maximum absolute atomic E-state index is 13.1. The molecule has 2 aromatic carbocycles. The summed E-state index contributed by atoms with van der Waals surface area (Å²) in [5, 5.41) is 9.35. The first-order chi connectivity index (χ1) is 12.9. The molecule has 1 amide bonds. The highest BCUT2D eigenvalue weighted by molar-refractivity contribution is 6.15. The molecule has 1 N–H and O–H groups in total.